The zero-order chi connectivity index (χ0) is 22.7. The van der Waals surface area contributed by atoms with Gasteiger partial charge in [-0.1, -0.05) is 17.7 Å². The largest absolute Gasteiger partial charge is 0.550 e. The van der Waals surface area contributed by atoms with Crippen LogP contribution in [-0.2, 0) is 14.4 Å². The molecule has 8 nitrogen and oxygen atoms in total. The highest BCUT2D eigenvalue weighted by atomic mass is 35.5. The van der Waals surface area contributed by atoms with Crippen LogP contribution >= 0.6 is 11.6 Å². The molecule has 0 spiro atoms. The fraction of sp³-hybridized carbons (Fsp3) is 0.227. The van der Waals surface area contributed by atoms with Crippen LogP contribution in [0.4, 0.5) is 0 Å². The summed E-state index contributed by atoms with van der Waals surface area (Å²) in [7, 11) is 2.90. The summed E-state index contributed by atoms with van der Waals surface area (Å²) >= 11 is 5.89. The quantitative estimate of drug-likeness (QED) is 0.394. The minimum absolute atomic E-state index is 0.169. The van der Waals surface area contributed by atoms with Gasteiger partial charge in [-0.25, -0.2) is 0 Å². The standard InChI is InChI=1S/C22H20ClNO7/c1-30-15-8-5-13(11-16(15)31-2)19-18(20(27)12-3-6-14(23)7-4-12)21(28)22(29)24(19)10-9-17(25)26/h3-8,11,19,27H,9-10H2,1-2H3,(H,25,26)/p-1. The van der Waals surface area contributed by atoms with Gasteiger partial charge in [-0.05, 0) is 42.0 Å². The van der Waals surface area contributed by atoms with E-state index < -0.39 is 35.9 Å². The Morgan fingerprint density at radius 3 is 2.32 bits per heavy atom. The van der Waals surface area contributed by atoms with Gasteiger partial charge in [-0.3, -0.25) is 9.59 Å². The molecule has 1 fully saturated rings. The number of Topliss-reactive ketones (excluding diaryl/α,β-unsaturated/α-hetero) is 1. The summed E-state index contributed by atoms with van der Waals surface area (Å²) in [5, 5.41) is 22.3. The van der Waals surface area contributed by atoms with E-state index in [0.717, 1.165) is 4.90 Å². The number of carboxylic acid groups (broad SMARTS) is 1. The van der Waals surface area contributed by atoms with Gasteiger partial charge in [0, 0.05) is 29.5 Å². The number of aliphatic carboxylic acids is 1. The Morgan fingerprint density at radius 2 is 1.74 bits per heavy atom. The van der Waals surface area contributed by atoms with Crippen LogP contribution < -0.4 is 14.6 Å². The number of carbonyl (C=O) groups is 3. The molecule has 1 atom stereocenters. The van der Waals surface area contributed by atoms with Gasteiger partial charge in [0.2, 0.25) is 0 Å². The first-order valence-electron chi connectivity index (χ1n) is 9.24. The van der Waals surface area contributed by atoms with E-state index in [4.69, 9.17) is 21.1 Å². The number of methoxy groups -OCH3 is 2. The molecule has 2 aromatic rings. The third-order valence-corrected chi connectivity index (χ3v) is 5.19. The van der Waals surface area contributed by atoms with E-state index in [1.807, 2.05) is 0 Å². The maximum atomic E-state index is 12.8. The smallest absolute Gasteiger partial charge is 0.295 e. The number of amides is 1. The van der Waals surface area contributed by atoms with Gasteiger partial charge in [0.05, 0.1) is 25.8 Å². The Kier molecular flexibility index (Phi) is 6.50. The maximum Gasteiger partial charge on any atom is 0.295 e. The Labute approximate surface area is 183 Å². The van der Waals surface area contributed by atoms with Crippen LogP contribution in [-0.4, -0.2) is 48.4 Å². The number of carbonyl (C=O) groups excluding carboxylic acids is 3. The Balaban J connectivity index is 2.19. The first-order chi connectivity index (χ1) is 14.8. The number of hydrogen-bond donors (Lipinski definition) is 1. The van der Waals surface area contributed by atoms with Crippen LogP contribution in [0.25, 0.3) is 5.76 Å². The van der Waals surface area contributed by atoms with Gasteiger partial charge >= 0.3 is 0 Å². The Hall–Kier alpha value is -3.52. The molecule has 0 bridgehead atoms. The van der Waals surface area contributed by atoms with Gasteiger partial charge in [0.25, 0.3) is 11.7 Å². The monoisotopic (exact) mass is 444 g/mol. The second kappa shape index (κ2) is 9.09. The number of likely N-dealkylation sites (tertiary alicyclic amines) is 1. The van der Waals surface area contributed by atoms with Crippen LogP contribution in [0.1, 0.15) is 23.6 Å². The third kappa shape index (κ3) is 4.34. The average Bonchev–Trinajstić information content (AvgIpc) is 3.01. The molecule has 1 saturated heterocycles. The van der Waals surface area contributed by atoms with Crippen molar-refractivity contribution in [3.63, 3.8) is 0 Å². The number of rotatable bonds is 7. The molecular formula is C22H19ClNO7-. The van der Waals surface area contributed by atoms with E-state index in [1.165, 1.54) is 38.5 Å². The van der Waals surface area contributed by atoms with Crippen LogP contribution in [0.2, 0.25) is 5.02 Å². The maximum absolute atomic E-state index is 12.8. The molecule has 162 valence electrons. The van der Waals surface area contributed by atoms with Crippen molar-refractivity contribution in [3.05, 3.63) is 64.2 Å². The number of ketones is 1. The minimum atomic E-state index is -1.37. The fourth-order valence-corrected chi connectivity index (χ4v) is 3.58. The van der Waals surface area contributed by atoms with Crippen LogP contribution in [0.5, 0.6) is 11.5 Å². The van der Waals surface area contributed by atoms with Crippen molar-refractivity contribution in [3.8, 4) is 11.5 Å². The van der Waals surface area contributed by atoms with Gasteiger partial charge < -0.3 is 29.4 Å². The predicted molar refractivity (Wildman–Crippen MR) is 110 cm³/mol. The van der Waals surface area contributed by atoms with Gasteiger partial charge in [-0.15, -0.1) is 0 Å². The van der Waals surface area contributed by atoms with Crippen molar-refractivity contribution in [2.75, 3.05) is 20.8 Å². The van der Waals surface area contributed by atoms with Crippen LogP contribution in [0, 0.1) is 0 Å². The van der Waals surface area contributed by atoms with E-state index in [1.54, 1.807) is 18.2 Å². The normalized spacial score (nSPS) is 17.6. The van der Waals surface area contributed by atoms with Gasteiger partial charge in [0.15, 0.2) is 11.5 Å². The lowest BCUT2D eigenvalue weighted by Gasteiger charge is -2.26. The molecule has 9 heteroatoms. The van der Waals surface area contributed by atoms with Crippen molar-refractivity contribution in [2.45, 2.75) is 12.5 Å². The first-order valence-corrected chi connectivity index (χ1v) is 9.62. The van der Waals surface area contributed by atoms with E-state index in [-0.39, 0.29) is 17.7 Å². The molecule has 1 N–H and O–H groups in total. The van der Waals surface area contributed by atoms with Crippen molar-refractivity contribution in [2.24, 2.45) is 0 Å². The van der Waals surface area contributed by atoms with Crippen LogP contribution in [0.3, 0.4) is 0 Å². The SMILES string of the molecule is COc1ccc(C2C(=C(O)c3ccc(Cl)cc3)C(=O)C(=O)N2CCC(=O)[O-])cc1OC. The molecule has 31 heavy (non-hydrogen) atoms. The topological polar surface area (TPSA) is 116 Å². The van der Waals surface area contributed by atoms with Crippen molar-refractivity contribution < 1.29 is 34.1 Å². The molecule has 3 rings (SSSR count). The molecule has 1 heterocycles. The van der Waals surface area contributed by atoms with Crippen molar-refractivity contribution in [1.29, 1.82) is 0 Å². The number of benzene rings is 2. The van der Waals surface area contributed by atoms with E-state index >= 15 is 0 Å². The predicted octanol–water partition coefficient (Wildman–Crippen LogP) is 1.92. The summed E-state index contributed by atoms with van der Waals surface area (Å²) in [6.45, 7) is -0.274. The molecule has 0 aromatic heterocycles. The molecule has 0 aliphatic carbocycles. The minimum Gasteiger partial charge on any atom is -0.550 e. The van der Waals surface area contributed by atoms with Gasteiger partial charge in [0.1, 0.15) is 5.76 Å². The molecule has 1 aliphatic heterocycles. The average molecular weight is 445 g/mol. The van der Waals surface area contributed by atoms with Gasteiger partial charge in [-0.2, -0.15) is 0 Å². The summed E-state index contributed by atoms with van der Waals surface area (Å²) in [6.07, 6.45) is -0.474. The molecular weight excluding hydrogens is 426 g/mol. The lowest BCUT2D eigenvalue weighted by molar-refractivity contribution is -0.305. The number of ether oxygens (including phenoxy) is 2. The number of hydrogen-bond acceptors (Lipinski definition) is 7. The molecule has 1 amide bonds. The highest BCUT2D eigenvalue weighted by Gasteiger charge is 2.46. The van der Waals surface area contributed by atoms with E-state index in [0.29, 0.717) is 22.1 Å². The lowest BCUT2D eigenvalue weighted by atomic mass is 9.95. The first kappa shape index (κ1) is 22.2. The van der Waals surface area contributed by atoms with Crippen molar-refractivity contribution >= 4 is 35.0 Å². The second-order valence-corrected chi connectivity index (χ2v) is 7.17. The molecule has 1 unspecified atom stereocenters. The van der Waals surface area contributed by atoms with Crippen LogP contribution in [0.15, 0.2) is 48.0 Å². The van der Waals surface area contributed by atoms with E-state index in [9.17, 15) is 24.6 Å². The number of carboxylic acids is 1. The highest BCUT2D eigenvalue weighted by molar-refractivity contribution is 6.46. The van der Waals surface area contributed by atoms with Crippen molar-refractivity contribution in [1.82, 2.24) is 4.90 Å². The molecule has 0 radical (unpaired) electrons. The second-order valence-electron chi connectivity index (χ2n) is 6.74. The lowest BCUT2D eigenvalue weighted by Crippen LogP contribution is -2.34. The van der Waals surface area contributed by atoms with E-state index in [2.05, 4.69) is 0 Å². The summed E-state index contributed by atoms with van der Waals surface area (Å²) < 4.78 is 10.5. The molecule has 2 aromatic carbocycles. The number of nitrogens with zero attached hydrogens (tertiary/aromatic N) is 1. The summed E-state index contributed by atoms with van der Waals surface area (Å²) in [5.41, 5.74) is 0.552. The molecule has 1 aliphatic rings. The highest BCUT2D eigenvalue weighted by Crippen LogP contribution is 2.42. The zero-order valence-electron chi connectivity index (χ0n) is 16.8. The summed E-state index contributed by atoms with van der Waals surface area (Å²) in [5.74, 6) is -2.84. The Morgan fingerprint density at radius 1 is 1.10 bits per heavy atom. The fourth-order valence-electron chi connectivity index (χ4n) is 3.46. The number of aliphatic hydroxyl groups excluding tert-OH is 1. The molecule has 0 saturated carbocycles. The zero-order valence-corrected chi connectivity index (χ0v) is 17.5. The number of aliphatic hydroxyl groups is 1. The number of halogens is 1. The summed E-state index contributed by atoms with van der Waals surface area (Å²) in [6, 6.07) is 9.83. The third-order valence-electron chi connectivity index (χ3n) is 4.94. The Bertz CT molecular complexity index is 1060. The summed E-state index contributed by atoms with van der Waals surface area (Å²) in [4.78, 5) is 37.7.